The predicted octanol–water partition coefficient (Wildman–Crippen LogP) is 4.38. The van der Waals surface area contributed by atoms with Crippen molar-refractivity contribution in [2.24, 2.45) is 5.92 Å². The fraction of sp³-hybridized carbons (Fsp3) is 0.588. The number of piperidine rings is 1. The third-order valence-corrected chi connectivity index (χ3v) is 6.57. The predicted molar refractivity (Wildman–Crippen MR) is 103 cm³/mol. The summed E-state index contributed by atoms with van der Waals surface area (Å²) in [5.74, 6) is 0.736. The van der Waals surface area contributed by atoms with Crippen LogP contribution in [0.3, 0.4) is 0 Å². The molecule has 2 aliphatic heterocycles. The van der Waals surface area contributed by atoms with Crippen LogP contribution in [0.15, 0.2) is 21.1 Å². The third kappa shape index (κ3) is 3.35. The molecule has 4 atom stereocenters. The maximum absolute atomic E-state index is 12.5. The van der Waals surface area contributed by atoms with E-state index in [1.54, 1.807) is 7.11 Å². The molecule has 7 heteroatoms. The molecule has 2 saturated heterocycles. The Hall–Kier alpha value is -0.300. The summed E-state index contributed by atoms with van der Waals surface area (Å²) in [6.07, 6.45) is 3.21. The summed E-state index contributed by atoms with van der Waals surface area (Å²) in [6.45, 7) is 0. The Bertz CT molecular complexity index is 605. The van der Waals surface area contributed by atoms with E-state index in [2.05, 4.69) is 55.9 Å². The van der Waals surface area contributed by atoms with Crippen molar-refractivity contribution >= 4 is 50.2 Å². The number of methoxy groups -OCH3 is 2. The summed E-state index contributed by atoms with van der Waals surface area (Å²) in [7, 11) is 5.27. The SMILES string of the molecule is COC(=O)[C@H]1[C@@H](c2cc(Br)c(OC)c(Br)c2)C[C@H]2CC[C@H]1N2C.Cl. The van der Waals surface area contributed by atoms with E-state index in [9.17, 15) is 4.79 Å². The number of ether oxygens (including phenoxy) is 2. The Labute approximate surface area is 165 Å². The first kappa shape index (κ1) is 20.0. The monoisotopic (exact) mass is 481 g/mol. The van der Waals surface area contributed by atoms with Gasteiger partial charge in [0.2, 0.25) is 0 Å². The zero-order chi connectivity index (χ0) is 16.7. The van der Waals surface area contributed by atoms with Gasteiger partial charge in [0.1, 0.15) is 5.75 Å². The van der Waals surface area contributed by atoms with Crippen LogP contribution in [0.5, 0.6) is 5.75 Å². The normalized spacial score (nSPS) is 29.0. The number of esters is 1. The third-order valence-electron chi connectivity index (χ3n) is 5.40. The van der Waals surface area contributed by atoms with E-state index < -0.39 is 0 Å². The largest absolute Gasteiger partial charge is 0.494 e. The van der Waals surface area contributed by atoms with Crippen LogP contribution in [0.4, 0.5) is 0 Å². The number of halogens is 3. The fourth-order valence-corrected chi connectivity index (χ4v) is 5.80. The maximum Gasteiger partial charge on any atom is 0.310 e. The van der Waals surface area contributed by atoms with E-state index in [1.165, 1.54) is 7.11 Å². The van der Waals surface area contributed by atoms with Crippen molar-refractivity contribution in [3.05, 3.63) is 26.6 Å². The van der Waals surface area contributed by atoms with E-state index in [4.69, 9.17) is 9.47 Å². The molecule has 2 bridgehead atoms. The van der Waals surface area contributed by atoms with E-state index in [-0.39, 0.29) is 36.3 Å². The highest BCUT2D eigenvalue weighted by atomic mass is 79.9. The van der Waals surface area contributed by atoms with Gasteiger partial charge in [0.05, 0.1) is 29.1 Å². The van der Waals surface area contributed by atoms with Crippen LogP contribution < -0.4 is 4.74 Å². The molecule has 0 aliphatic carbocycles. The molecule has 0 radical (unpaired) electrons. The summed E-state index contributed by atoms with van der Waals surface area (Å²) >= 11 is 7.15. The second-order valence-electron chi connectivity index (χ2n) is 6.37. The highest BCUT2D eigenvalue weighted by Crippen LogP contribution is 2.48. The Balaban J connectivity index is 0.00000208. The highest BCUT2D eigenvalue weighted by molar-refractivity contribution is 9.11. The molecule has 0 N–H and O–H groups in total. The van der Waals surface area contributed by atoms with Gasteiger partial charge in [0, 0.05) is 18.0 Å². The summed E-state index contributed by atoms with van der Waals surface area (Å²) in [5, 5.41) is 0. The summed E-state index contributed by atoms with van der Waals surface area (Å²) in [4.78, 5) is 14.8. The topological polar surface area (TPSA) is 38.8 Å². The van der Waals surface area contributed by atoms with E-state index in [0.717, 1.165) is 39.5 Å². The molecule has 2 aliphatic rings. The Morgan fingerprint density at radius 3 is 2.38 bits per heavy atom. The van der Waals surface area contributed by atoms with Gasteiger partial charge in [0.15, 0.2) is 0 Å². The second kappa shape index (κ2) is 7.94. The van der Waals surface area contributed by atoms with Gasteiger partial charge >= 0.3 is 5.97 Å². The molecule has 0 spiro atoms. The molecule has 3 rings (SSSR count). The summed E-state index contributed by atoms with van der Waals surface area (Å²) in [5.41, 5.74) is 1.16. The smallest absolute Gasteiger partial charge is 0.310 e. The number of hydrogen-bond acceptors (Lipinski definition) is 4. The molecule has 2 fully saturated rings. The Morgan fingerprint density at radius 1 is 1.21 bits per heavy atom. The molecule has 0 amide bonds. The molecule has 24 heavy (non-hydrogen) atoms. The van der Waals surface area contributed by atoms with Crippen LogP contribution in [0.25, 0.3) is 0 Å². The minimum Gasteiger partial charge on any atom is -0.494 e. The van der Waals surface area contributed by atoms with Gasteiger partial charge in [-0.2, -0.15) is 0 Å². The number of fused-ring (bicyclic) bond motifs is 2. The summed E-state index contributed by atoms with van der Waals surface area (Å²) < 4.78 is 12.3. The average Bonchev–Trinajstić information content (AvgIpc) is 2.76. The molecular weight excluding hydrogens is 461 g/mol. The lowest BCUT2D eigenvalue weighted by Gasteiger charge is -2.41. The van der Waals surface area contributed by atoms with Crippen LogP contribution in [0.2, 0.25) is 0 Å². The molecule has 4 nitrogen and oxygen atoms in total. The zero-order valence-electron chi connectivity index (χ0n) is 13.9. The van der Waals surface area contributed by atoms with Crippen molar-refractivity contribution in [2.45, 2.75) is 37.3 Å². The average molecular weight is 484 g/mol. The number of rotatable bonds is 3. The molecule has 1 aromatic rings. The van der Waals surface area contributed by atoms with Gasteiger partial charge in [-0.15, -0.1) is 12.4 Å². The first-order valence-corrected chi connectivity index (χ1v) is 9.39. The van der Waals surface area contributed by atoms with E-state index in [1.807, 2.05) is 0 Å². The lowest BCUT2D eigenvalue weighted by molar-refractivity contribution is -0.150. The molecule has 2 heterocycles. The van der Waals surface area contributed by atoms with Gasteiger partial charge in [-0.25, -0.2) is 0 Å². The van der Waals surface area contributed by atoms with Crippen molar-refractivity contribution < 1.29 is 14.3 Å². The first-order chi connectivity index (χ1) is 11.0. The van der Waals surface area contributed by atoms with E-state index in [0.29, 0.717) is 6.04 Å². The van der Waals surface area contributed by atoms with Crippen molar-refractivity contribution in [1.82, 2.24) is 4.90 Å². The fourth-order valence-electron chi connectivity index (χ4n) is 4.26. The van der Waals surface area contributed by atoms with Gasteiger partial charge in [-0.05, 0) is 75.9 Å². The number of nitrogens with zero attached hydrogens (tertiary/aromatic N) is 1. The molecular formula is C17H22Br2ClNO3. The highest BCUT2D eigenvalue weighted by Gasteiger charge is 2.49. The molecule has 0 unspecified atom stereocenters. The number of carbonyl (C=O) groups is 1. The maximum atomic E-state index is 12.5. The Kier molecular flexibility index (Phi) is 6.62. The molecule has 0 saturated carbocycles. The van der Waals surface area contributed by atoms with Crippen LogP contribution in [0.1, 0.15) is 30.7 Å². The standard InChI is InChI=1S/C17H21Br2NO3.ClH/c1-20-10-4-5-14(20)15(17(21)23-3)11(8-10)9-6-12(18)16(22-2)13(19)7-9;/h6-7,10-11,14-15H,4-5,8H2,1-3H3;1H/t10-,11-,14-,15+;/m1./s1. The minimum atomic E-state index is -0.115. The van der Waals surface area contributed by atoms with Crippen LogP contribution >= 0.6 is 44.3 Å². The summed E-state index contributed by atoms with van der Waals surface area (Å²) in [6, 6.07) is 4.97. The quantitative estimate of drug-likeness (QED) is 0.598. The van der Waals surface area contributed by atoms with Crippen LogP contribution in [-0.4, -0.2) is 44.2 Å². The molecule has 1 aromatic carbocycles. The van der Waals surface area contributed by atoms with Gasteiger partial charge in [-0.1, -0.05) is 0 Å². The van der Waals surface area contributed by atoms with Gasteiger partial charge in [0.25, 0.3) is 0 Å². The van der Waals surface area contributed by atoms with Crippen molar-refractivity contribution in [1.29, 1.82) is 0 Å². The van der Waals surface area contributed by atoms with Crippen LogP contribution in [0, 0.1) is 5.92 Å². The second-order valence-corrected chi connectivity index (χ2v) is 8.08. The van der Waals surface area contributed by atoms with Crippen molar-refractivity contribution in [2.75, 3.05) is 21.3 Å². The number of benzene rings is 1. The number of carbonyl (C=O) groups excluding carboxylic acids is 1. The lowest BCUT2D eigenvalue weighted by Crippen LogP contribution is -2.49. The van der Waals surface area contributed by atoms with Crippen molar-refractivity contribution in [3.63, 3.8) is 0 Å². The Morgan fingerprint density at radius 2 is 1.83 bits per heavy atom. The van der Waals surface area contributed by atoms with Gasteiger partial charge in [-0.3, -0.25) is 9.69 Å². The molecule has 0 aromatic heterocycles. The minimum absolute atomic E-state index is 0. The zero-order valence-corrected chi connectivity index (χ0v) is 17.9. The first-order valence-electron chi connectivity index (χ1n) is 7.80. The van der Waals surface area contributed by atoms with Crippen LogP contribution in [-0.2, 0) is 9.53 Å². The van der Waals surface area contributed by atoms with Gasteiger partial charge < -0.3 is 9.47 Å². The molecule has 134 valence electrons. The number of hydrogen-bond donors (Lipinski definition) is 0. The lowest BCUT2D eigenvalue weighted by atomic mass is 9.76. The van der Waals surface area contributed by atoms with E-state index >= 15 is 0 Å². The van der Waals surface area contributed by atoms with Crippen molar-refractivity contribution in [3.8, 4) is 5.75 Å².